The maximum atomic E-state index is 13.4. The van der Waals surface area contributed by atoms with Crippen molar-refractivity contribution < 1.29 is 19.1 Å². The number of carbonyl (C=O) groups is 3. The van der Waals surface area contributed by atoms with Crippen molar-refractivity contribution in [2.24, 2.45) is 5.41 Å². The Hall–Kier alpha value is -3.42. The summed E-state index contributed by atoms with van der Waals surface area (Å²) in [5.74, 6) is -0.649. The van der Waals surface area contributed by atoms with Crippen LogP contribution in [0.4, 0.5) is 16.2 Å². The molecular formula is C27H36N4O4. The number of rotatable bonds is 5. The van der Waals surface area contributed by atoms with Crippen LogP contribution in [0.5, 0.6) is 0 Å². The Bertz CT molecular complexity index is 1140. The Morgan fingerprint density at radius 1 is 1.23 bits per heavy atom. The number of fused-ring (bicyclic) bond motifs is 1. The molecule has 1 aliphatic rings. The van der Waals surface area contributed by atoms with Gasteiger partial charge in [0.2, 0.25) is 11.8 Å². The average molecular weight is 481 g/mol. The molecule has 0 aliphatic carbocycles. The van der Waals surface area contributed by atoms with Crippen molar-refractivity contribution in [3.05, 3.63) is 53.3 Å². The van der Waals surface area contributed by atoms with E-state index in [1.54, 1.807) is 38.1 Å². The zero-order valence-electron chi connectivity index (χ0n) is 21.9. The minimum atomic E-state index is -1.20. The van der Waals surface area contributed by atoms with E-state index in [0.717, 1.165) is 16.8 Å². The predicted octanol–water partition coefficient (Wildman–Crippen LogP) is 5.22. The van der Waals surface area contributed by atoms with Crippen molar-refractivity contribution in [1.82, 2.24) is 9.88 Å². The molecule has 3 rings (SSSR count). The van der Waals surface area contributed by atoms with E-state index in [1.807, 2.05) is 58.9 Å². The molecule has 3 amide bonds. The van der Waals surface area contributed by atoms with Gasteiger partial charge in [-0.15, -0.1) is 0 Å². The lowest BCUT2D eigenvalue weighted by Crippen LogP contribution is -2.43. The fraction of sp³-hybridized carbons (Fsp3) is 0.481. The van der Waals surface area contributed by atoms with Gasteiger partial charge in [0.15, 0.2) is 0 Å². The number of nitrogens with zero attached hydrogens (tertiary/aromatic N) is 3. The van der Waals surface area contributed by atoms with Gasteiger partial charge in [-0.2, -0.15) is 0 Å². The first-order valence-electron chi connectivity index (χ1n) is 11.9. The summed E-state index contributed by atoms with van der Waals surface area (Å²) in [7, 11) is 1.67. The average Bonchev–Trinajstić information content (AvgIpc) is 2.83. The Kier molecular flexibility index (Phi) is 7.24. The van der Waals surface area contributed by atoms with E-state index in [9.17, 15) is 14.4 Å². The summed E-state index contributed by atoms with van der Waals surface area (Å²) in [5.41, 5.74) is 1.90. The summed E-state index contributed by atoms with van der Waals surface area (Å²) in [6.45, 7) is 13.0. The number of hydrogen-bond donors (Lipinski definition) is 1. The van der Waals surface area contributed by atoms with Crippen LogP contribution in [0, 0.1) is 12.3 Å². The Balaban J connectivity index is 2.06. The van der Waals surface area contributed by atoms with Crippen LogP contribution in [0.15, 0.2) is 36.5 Å². The molecule has 188 valence electrons. The van der Waals surface area contributed by atoms with Crippen molar-refractivity contribution in [3.8, 4) is 0 Å². The van der Waals surface area contributed by atoms with Crippen LogP contribution in [0.2, 0.25) is 0 Å². The molecule has 1 aliphatic heterocycles. The van der Waals surface area contributed by atoms with Gasteiger partial charge in [0, 0.05) is 18.9 Å². The molecule has 1 unspecified atom stereocenters. The van der Waals surface area contributed by atoms with E-state index in [0.29, 0.717) is 24.3 Å². The van der Waals surface area contributed by atoms with E-state index in [4.69, 9.17) is 4.74 Å². The topological polar surface area (TPSA) is 91.8 Å². The minimum absolute atomic E-state index is 0.297. The highest BCUT2D eigenvalue weighted by molar-refractivity contribution is 6.19. The van der Waals surface area contributed by atoms with E-state index < -0.39 is 17.1 Å². The Labute approximate surface area is 207 Å². The summed E-state index contributed by atoms with van der Waals surface area (Å²) < 4.78 is 5.77. The normalized spacial score (nSPS) is 16.2. The van der Waals surface area contributed by atoms with Gasteiger partial charge in [-0.3, -0.25) is 19.5 Å². The number of anilines is 2. The van der Waals surface area contributed by atoms with Crippen LogP contribution in [0.3, 0.4) is 0 Å². The summed E-state index contributed by atoms with van der Waals surface area (Å²) in [6.07, 6.45) is 1.91. The first-order valence-corrected chi connectivity index (χ1v) is 11.9. The van der Waals surface area contributed by atoms with Gasteiger partial charge in [0.05, 0.1) is 24.0 Å². The number of aromatic nitrogens is 1. The van der Waals surface area contributed by atoms with Crippen LogP contribution >= 0.6 is 0 Å². The van der Waals surface area contributed by atoms with Gasteiger partial charge in [0.1, 0.15) is 11.0 Å². The van der Waals surface area contributed by atoms with E-state index in [-0.39, 0.29) is 17.9 Å². The number of amides is 3. The molecule has 0 bridgehead atoms. The summed E-state index contributed by atoms with van der Waals surface area (Å²) in [5, 5.41) is 2.87. The number of hydrogen-bond acceptors (Lipinski definition) is 5. The lowest BCUT2D eigenvalue weighted by Gasteiger charge is -2.34. The summed E-state index contributed by atoms with van der Waals surface area (Å²) in [6, 6.07) is 9.02. The van der Waals surface area contributed by atoms with E-state index in [1.165, 1.54) is 4.90 Å². The van der Waals surface area contributed by atoms with E-state index >= 15 is 0 Å². The van der Waals surface area contributed by atoms with Crippen molar-refractivity contribution in [2.75, 3.05) is 17.3 Å². The third kappa shape index (κ3) is 5.47. The molecule has 0 radical (unpaired) electrons. The van der Waals surface area contributed by atoms with Crippen LogP contribution in [0.1, 0.15) is 70.8 Å². The Morgan fingerprint density at radius 3 is 2.51 bits per heavy atom. The van der Waals surface area contributed by atoms with Gasteiger partial charge in [0.25, 0.3) is 0 Å². The summed E-state index contributed by atoms with van der Waals surface area (Å²) >= 11 is 0. The van der Waals surface area contributed by atoms with Crippen molar-refractivity contribution in [2.45, 2.75) is 73.1 Å². The highest BCUT2D eigenvalue weighted by Gasteiger charge is 2.42. The van der Waals surface area contributed by atoms with Gasteiger partial charge in [-0.25, -0.2) is 4.79 Å². The lowest BCUT2D eigenvalue weighted by atomic mass is 9.91. The molecule has 8 heteroatoms. The molecule has 1 aromatic carbocycles. The van der Waals surface area contributed by atoms with Crippen LogP contribution in [-0.4, -0.2) is 40.4 Å². The molecule has 0 saturated carbocycles. The predicted molar refractivity (Wildman–Crippen MR) is 136 cm³/mol. The third-order valence-corrected chi connectivity index (χ3v) is 6.27. The number of pyridine rings is 1. The second-order valence-electron chi connectivity index (χ2n) is 10.5. The SMILES string of the molecule is CCC(c1ccc2c(c1)N(C)C(=O)C(C)(C)C(=O)N2)N(Cc1cccnc1C)C(=O)OC(C)(C)C. The van der Waals surface area contributed by atoms with Crippen LogP contribution in [0.25, 0.3) is 0 Å². The fourth-order valence-electron chi connectivity index (χ4n) is 4.17. The van der Waals surface area contributed by atoms with Crippen LogP contribution < -0.4 is 10.2 Å². The molecule has 0 fully saturated rings. The lowest BCUT2D eigenvalue weighted by molar-refractivity contribution is -0.136. The largest absolute Gasteiger partial charge is 0.444 e. The van der Waals surface area contributed by atoms with Gasteiger partial charge in [-0.1, -0.05) is 19.1 Å². The third-order valence-electron chi connectivity index (χ3n) is 6.27. The maximum absolute atomic E-state index is 13.4. The molecule has 2 heterocycles. The van der Waals surface area contributed by atoms with Gasteiger partial charge in [-0.05, 0) is 77.3 Å². The van der Waals surface area contributed by atoms with Crippen molar-refractivity contribution in [1.29, 1.82) is 0 Å². The molecule has 1 atom stereocenters. The second kappa shape index (κ2) is 9.68. The standard InChI is InChI=1S/C27H36N4O4/c1-9-21(31(25(34)35-26(3,4)5)16-19-11-10-14-28-17(19)2)18-12-13-20-22(15-18)30(8)24(33)27(6,7)23(32)29-20/h10-15,21H,9,16H2,1-8H3,(H,29,32). The fourth-order valence-corrected chi connectivity index (χ4v) is 4.17. The Morgan fingerprint density at radius 2 is 1.91 bits per heavy atom. The highest BCUT2D eigenvalue weighted by atomic mass is 16.6. The molecule has 0 spiro atoms. The summed E-state index contributed by atoms with van der Waals surface area (Å²) in [4.78, 5) is 46.7. The minimum Gasteiger partial charge on any atom is -0.444 e. The molecule has 2 aromatic rings. The first kappa shape index (κ1) is 26.2. The number of aryl methyl sites for hydroxylation is 1. The number of nitrogens with one attached hydrogen (secondary N) is 1. The van der Waals surface area contributed by atoms with E-state index in [2.05, 4.69) is 10.3 Å². The monoisotopic (exact) mass is 480 g/mol. The molecule has 8 nitrogen and oxygen atoms in total. The zero-order chi connectivity index (χ0) is 26.1. The molecular weight excluding hydrogens is 444 g/mol. The maximum Gasteiger partial charge on any atom is 0.411 e. The first-order chi connectivity index (χ1) is 16.3. The number of ether oxygens (including phenoxy) is 1. The van der Waals surface area contributed by atoms with Gasteiger partial charge < -0.3 is 15.0 Å². The smallest absolute Gasteiger partial charge is 0.411 e. The molecule has 35 heavy (non-hydrogen) atoms. The molecule has 0 saturated heterocycles. The van der Waals surface area contributed by atoms with Crippen molar-refractivity contribution >= 4 is 29.3 Å². The molecule has 1 N–H and O–H groups in total. The quantitative estimate of drug-likeness (QED) is 0.593. The number of carbonyl (C=O) groups excluding carboxylic acids is 3. The number of benzene rings is 1. The molecule has 1 aromatic heterocycles. The highest BCUT2D eigenvalue weighted by Crippen LogP contribution is 2.38. The van der Waals surface area contributed by atoms with Crippen molar-refractivity contribution in [3.63, 3.8) is 0 Å². The second-order valence-corrected chi connectivity index (χ2v) is 10.5. The van der Waals surface area contributed by atoms with Crippen LogP contribution in [-0.2, 0) is 20.9 Å². The van der Waals surface area contributed by atoms with Gasteiger partial charge >= 0.3 is 6.09 Å². The zero-order valence-corrected chi connectivity index (χ0v) is 21.9.